The molecular weight excluding hydrogens is 206 g/mol. The molecule has 15 heavy (non-hydrogen) atoms. The minimum atomic E-state index is 0.519. The van der Waals surface area contributed by atoms with E-state index < -0.39 is 0 Å². The number of nitrogens with one attached hydrogen (secondary N) is 1. The van der Waals surface area contributed by atoms with Crippen LogP contribution < -0.4 is 5.32 Å². The third kappa shape index (κ3) is 3.11. The highest BCUT2D eigenvalue weighted by molar-refractivity contribution is 7.99. The van der Waals surface area contributed by atoms with E-state index in [0.29, 0.717) is 11.5 Å². The molecule has 0 bridgehead atoms. The molecule has 88 valence electrons. The van der Waals surface area contributed by atoms with E-state index in [4.69, 9.17) is 4.74 Å². The molecule has 1 aliphatic heterocycles. The van der Waals surface area contributed by atoms with Gasteiger partial charge < -0.3 is 10.1 Å². The van der Waals surface area contributed by atoms with E-state index in [2.05, 4.69) is 30.9 Å². The maximum atomic E-state index is 5.30. The predicted octanol–water partition coefficient (Wildman–Crippen LogP) is 2.29. The molecule has 0 spiro atoms. The number of ether oxygens (including phenoxy) is 1. The van der Waals surface area contributed by atoms with Crippen molar-refractivity contribution in [3.05, 3.63) is 0 Å². The third-order valence-electron chi connectivity index (χ3n) is 3.51. The van der Waals surface area contributed by atoms with Crippen molar-refractivity contribution in [3.63, 3.8) is 0 Å². The van der Waals surface area contributed by atoms with Crippen molar-refractivity contribution in [3.8, 4) is 0 Å². The first-order chi connectivity index (χ1) is 7.09. The molecule has 1 saturated carbocycles. The van der Waals surface area contributed by atoms with Crippen LogP contribution in [0.2, 0.25) is 0 Å². The highest BCUT2D eigenvalue weighted by atomic mass is 32.2. The van der Waals surface area contributed by atoms with Gasteiger partial charge in [-0.25, -0.2) is 0 Å². The van der Waals surface area contributed by atoms with Gasteiger partial charge in [0.15, 0.2) is 0 Å². The maximum Gasteiger partial charge on any atom is 0.0601 e. The van der Waals surface area contributed by atoms with Gasteiger partial charge in [0.05, 0.1) is 6.10 Å². The molecule has 1 N–H and O–H groups in total. The van der Waals surface area contributed by atoms with Crippen molar-refractivity contribution in [2.75, 3.05) is 18.6 Å². The van der Waals surface area contributed by atoms with Crippen LogP contribution in [-0.4, -0.2) is 36.8 Å². The molecule has 0 aromatic carbocycles. The summed E-state index contributed by atoms with van der Waals surface area (Å²) in [5.74, 6) is 2.61. The summed E-state index contributed by atoms with van der Waals surface area (Å²) in [4.78, 5) is 0. The summed E-state index contributed by atoms with van der Waals surface area (Å²) in [6.07, 6.45) is 4.26. The lowest BCUT2D eigenvalue weighted by atomic mass is 9.85. The fourth-order valence-corrected chi connectivity index (χ4v) is 3.88. The minimum absolute atomic E-state index is 0.519. The summed E-state index contributed by atoms with van der Waals surface area (Å²) in [6.45, 7) is 4.76. The SMILES string of the molecule is COC1CC(NC2CSCC(C)(C)C2)C1. The fraction of sp³-hybridized carbons (Fsp3) is 1.00. The van der Waals surface area contributed by atoms with Gasteiger partial charge in [-0.2, -0.15) is 11.8 Å². The molecule has 0 amide bonds. The summed E-state index contributed by atoms with van der Waals surface area (Å²) in [6, 6.07) is 1.44. The Labute approximate surface area is 97.5 Å². The van der Waals surface area contributed by atoms with Crippen LogP contribution in [0.25, 0.3) is 0 Å². The van der Waals surface area contributed by atoms with Gasteiger partial charge >= 0.3 is 0 Å². The van der Waals surface area contributed by atoms with Crippen LogP contribution in [0.15, 0.2) is 0 Å². The smallest absolute Gasteiger partial charge is 0.0601 e. The van der Waals surface area contributed by atoms with E-state index in [1.54, 1.807) is 0 Å². The molecule has 0 aromatic heterocycles. The molecule has 2 rings (SSSR count). The third-order valence-corrected chi connectivity index (χ3v) is 5.13. The maximum absolute atomic E-state index is 5.30. The molecule has 0 radical (unpaired) electrons. The molecule has 1 heterocycles. The largest absolute Gasteiger partial charge is 0.381 e. The number of hydrogen-bond donors (Lipinski definition) is 1. The zero-order valence-electron chi connectivity index (χ0n) is 10.1. The molecule has 3 heteroatoms. The Morgan fingerprint density at radius 2 is 2.00 bits per heavy atom. The molecule has 1 aliphatic carbocycles. The van der Waals surface area contributed by atoms with Gasteiger partial charge in [0.1, 0.15) is 0 Å². The minimum Gasteiger partial charge on any atom is -0.381 e. The lowest BCUT2D eigenvalue weighted by molar-refractivity contribution is 0.0135. The standard InChI is InChI=1S/C12H23NOS/c1-12(2)6-10(7-15-8-12)13-9-4-11(5-9)14-3/h9-11,13H,4-8H2,1-3H3. The second-order valence-electron chi connectivity index (χ2n) is 5.77. The van der Waals surface area contributed by atoms with Crippen molar-refractivity contribution in [1.82, 2.24) is 5.32 Å². The second kappa shape index (κ2) is 4.64. The topological polar surface area (TPSA) is 21.3 Å². The van der Waals surface area contributed by atoms with Crippen LogP contribution in [0.1, 0.15) is 33.1 Å². The van der Waals surface area contributed by atoms with Crippen molar-refractivity contribution >= 4 is 11.8 Å². The van der Waals surface area contributed by atoms with Gasteiger partial charge in [-0.15, -0.1) is 0 Å². The summed E-state index contributed by atoms with van der Waals surface area (Å²) in [5.41, 5.74) is 0.519. The molecule has 2 aliphatic rings. The Morgan fingerprint density at radius 3 is 2.60 bits per heavy atom. The van der Waals surface area contributed by atoms with Crippen molar-refractivity contribution in [1.29, 1.82) is 0 Å². The molecule has 2 fully saturated rings. The van der Waals surface area contributed by atoms with Crippen LogP contribution >= 0.6 is 11.8 Å². The van der Waals surface area contributed by atoms with Crippen molar-refractivity contribution in [2.24, 2.45) is 5.41 Å². The number of methoxy groups -OCH3 is 1. The average molecular weight is 229 g/mol. The Bertz CT molecular complexity index is 214. The Morgan fingerprint density at radius 1 is 1.27 bits per heavy atom. The lowest BCUT2D eigenvalue weighted by Gasteiger charge is -2.41. The molecule has 1 atom stereocenters. The van der Waals surface area contributed by atoms with Gasteiger partial charge in [-0.3, -0.25) is 0 Å². The van der Waals surface area contributed by atoms with E-state index in [-0.39, 0.29) is 0 Å². The van der Waals surface area contributed by atoms with Gasteiger partial charge in [-0.05, 0) is 30.4 Å². The zero-order chi connectivity index (χ0) is 10.9. The van der Waals surface area contributed by atoms with E-state index in [1.807, 2.05) is 7.11 Å². The molecule has 2 nitrogen and oxygen atoms in total. The zero-order valence-corrected chi connectivity index (χ0v) is 10.9. The quantitative estimate of drug-likeness (QED) is 0.802. The van der Waals surface area contributed by atoms with Crippen LogP contribution in [0.4, 0.5) is 0 Å². The van der Waals surface area contributed by atoms with Gasteiger partial charge in [0.2, 0.25) is 0 Å². The Hall–Kier alpha value is 0.270. The van der Waals surface area contributed by atoms with Crippen LogP contribution in [0, 0.1) is 5.41 Å². The summed E-state index contributed by atoms with van der Waals surface area (Å²) >= 11 is 2.10. The number of thioether (sulfide) groups is 1. The summed E-state index contributed by atoms with van der Waals surface area (Å²) in [7, 11) is 1.82. The van der Waals surface area contributed by atoms with Gasteiger partial charge in [0, 0.05) is 24.9 Å². The highest BCUT2D eigenvalue weighted by Gasteiger charge is 2.34. The monoisotopic (exact) mass is 229 g/mol. The predicted molar refractivity (Wildman–Crippen MR) is 66.5 cm³/mol. The molecular formula is C12H23NOS. The van der Waals surface area contributed by atoms with E-state index in [1.165, 1.54) is 30.8 Å². The first kappa shape index (κ1) is 11.7. The van der Waals surface area contributed by atoms with Crippen molar-refractivity contribution < 1.29 is 4.74 Å². The lowest BCUT2D eigenvalue weighted by Crippen LogP contribution is -2.52. The Kier molecular flexibility index (Phi) is 3.63. The first-order valence-electron chi connectivity index (χ1n) is 5.96. The van der Waals surface area contributed by atoms with Crippen LogP contribution in [0.5, 0.6) is 0 Å². The molecule has 0 aromatic rings. The number of hydrogen-bond acceptors (Lipinski definition) is 3. The van der Waals surface area contributed by atoms with E-state index in [9.17, 15) is 0 Å². The Balaban J connectivity index is 1.71. The van der Waals surface area contributed by atoms with Gasteiger partial charge in [-0.1, -0.05) is 13.8 Å². The average Bonchev–Trinajstić information content (AvgIpc) is 2.09. The van der Waals surface area contributed by atoms with Crippen LogP contribution in [-0.2, 0) is 4.74 Å². The second-order valence-corrected chi connectivity index (χ2v) is 6.80. The highest BCUT2D eigenvalue weighted by Crippen LogP contribution is 2.34. The fourth-order valence-electron chi connectivity index (χ4n) is 2.60. The van der Waals surface area contributed by atoms with Crippen LogP contribution in [0.3, 0.4) is 0 Å². The van der Waals surface area contributed by atoms with Gasteiger partial charge in [0.25, 0.3) is 0 Å². The summed E-state index contributed by atoms with van der Waals surface area (Å²) < 4.78 is 5.30. The van der Waals surface area contributed by atoms with E-state index in [0.717, 1.165) is 12.1 Å². The summed E-state index contributed by atoms with van der Waals surface area (Å²) in [5, 5.41) is 3.77. The molecule has 1 unspecified atom stereocenters. The van der Waals surface area contributed by atoms with E-state index >= 15 is 0 Å². The first-order valence-corrected chi connectivity index (χ1v) is 7.11. The van der Waals surface area contributed by atoms with Crippen molar-refractivity contribution in [2.45, 2.75) is 51.3 Å². The number of rotatable bonds is 3. The molecule has 1 saturated heterocycles. The normalized spacial score (nSPS) is 39.8.